The molecule has 1 aromatic heterocycles. The zero-order chi connectivity index (χ0) is 22.0. The van der Waals surface area contributed by atoms with Crippen molar-refractivity contribution in [1.29, 1.82) is 0 Å². The molecule has 0 N–H and O–H groups in total. The van der Waals surface area contributed by atoms with Crippen molar-refractivity contribution in [3.05, 3.63) is 47.0 Å². The summed E-state index contributed by atoms with van der Waals surface area (Å²) in [5.74, 6) is 0.265. The van der Waals surface area contributed by atoms with E-state index in [1.54, 1.807) is 0 Å². The predicted octanol–water partition coefficient (Wildman–Crippen LogP) is 4.05. The summed E-state index contributed by atoms with van der Waals surface area (Å²) in [6.07, 6.45) is 10.0. The van der Waals surface area contributed by atoms with Gasteiger partial charge in [-0.2, -0.15) is 5.10 Å². The Morgan fingerprint density at radius 3 is 2.65 bits per heavy atom. The Labute approximate surface area is 190 Å². The van der Waals surface area contributed by atoms with Crippen LogP contribution < -0.4 is 4.90 Å². The van der Waals surface area contributed by atoms with Crippen LogP contribution in [0, 0.1) is 11.7 Å². The van der Waals surface area contributed by atoms with Crippen molar-refractivity contribution in [1.82, 2.24) is 14.9 Å². The maximum atomic E-state index is 14.3. The maximum absolute atomic E-state index is 14.3. The monoisotopic (exact) mass is 463 g/mol. The van der Waals surface area contributed by atoms with Crippen molar-refractivity contribution in [3.8, 4) is 0 Å². The second kappa shape index (κ2) is 9.30. The first kappa shape index (κ1) is 22.3. The van der Waals surface area contributed by atoms with Gasteiger partial charge >= 0.3 is 0 Å². The van der Waals surface area contributed by atoms with Crippen molar-refractivity contribution >= 4 is 31.7 Å². The van der Waals surface area contributed by atoms with E-state index in [0.717, 1.165) is 25.7 Å². The van der Waals surface area contributed by atoms with E-state index in [-0.39, 0.29) is 17.8 Å². The highest BCUT2D eigenvalue weighted by molar-refractivity contribution is 6.76. The average molecular weight is 464 g/mol. The molecule has 3 aliphatic rings. The van der Waals surface area contributed by atoms with E-state index in [0.29, 0.717) is 30.7 Å². The Balaban J connectivity index is 1.36. The predicted molar refractivity (Wildman–Crippen MR) is 127 cm³/mol. The van der Waals surface area contributed by atoms with Crippen LogP contribution in [0.15, 0.2) is 41.3 Å². The van der Waals surface area contributed by atoms with Gasteiger partial charge in [-0.15, -0.1) is 0 Å². The quantitative estimate of drug-likeness (QED) is 0.451. The fraction of sp³-hybridized carbons (Fsp3) is 0.545. The number of piperazine rings is 1. The van der Waals surface area contributed by atoms with Gasteiger partial charge in [0.2, 0.25) is 0 Å². The summed E-state index contributed by atoms with van der Waals surface area (Å²) in [5.41, 5.74) is 1.25. The molecule has 168 valence electrons. The molecule has 6 nitrogen and oxygen atoms in total. The molecule has 1 aliphatic carbocycles. The fourth-order valence-electron chi connectivity index (χ4n) is 4.16. The molecule has 31 heavy (non-hydrogen) atoms. The molecular formula is C22H31ClFN5OSi. The van der Waals surface area contributed by atoms with Gasteiger partial charge in [0.1, 0.15) is 12.8 Å². The minimum absolute atomic E-state index is 0.161. The Bertz CT molecular complexity index is 879. The first-order valence-electron chi connectivity index (χ1n) is 10.9. The van der Waals surface area contributed by atoms with Crippen LogP contribution in [0.3, 0.4) is 0 Å². The summed E-state index contributed by atoms with van der Waals surface area (Å²) < 4.78 is 20.3. The summed E-state index contributed by atoms with van der Waals surface area (Å²) in [6, 6.07) is 2.64. The second-order valence-corrected chi connectivity index (χ2v) is 15.5. The SMILES string of the molecule is C[Si](C)(C)CCOCN1N=CC2C=CC=C(N3CCN(c4ncc(Cl)cc4F)CC3)C21. The largest absolute Gasteiger partial charge is 0.370 e. The van der Waals surface area contributed by atoms with E-state index in [1.165, 1.54) is 18.0 Å². The normalized spacial score (nSPS) is 23.4. The van der Waals surface area contributed by atoms with Gasteiger partial charge in [-0.25, -0.2) is 9.37 Å². The molecule has 2 atom stereocenters. The van der Waals surface area contributed by atoms with Crippen LogP contribution in [0.4, 0.5) is 10.2 Å². The van der Waals surface area contributed by atoms with Crippen molar-refractivity contribution in [2.75, 3.05) is 44.4 Å². The first-order valence-corrected chi connectivity index (χ1v) is 15.0. The molecule has 0 amide bonds. The standard InChI is InChI=1S/C22H31ClFN5OSi/c1-31(2,3)12-11-30-16-29-21-17(14-26-29)5-4-6-20(21)27-7-9-28(10-8-27)22-19(24)13-18(23)15-25-22/h4-6,13-15,17,21H,7-12,16H2,1-3H3. The van der Waals surface area contributed by atoms with Crippen LogP contribution >= 0.6 is 11.6 Å². The van der Waals surface area contributed by atoms with E-state index >= 15 is 0 Å². The highest BCUT2D eigenvalue weighted by atomic mass is 35.5. The summed E-state index contributed by atoms with van der Waals surface area (Å²) >= 11 is 5.85. The Hall–Kier alpha value is -1.90. The van der Waals surface area contributed by atoms with Gasteiger partial charge < -0.3 is 14.5 Å². The summed E-state index contributed by atoms with van der Waals surface area (Å²) in [4.78, 5) is 8.57. The third kappa shape index (κ3) is 5.30. The van der Waals surface area contributed by atoms with Crippen molar-refractivity contribution in [2.45, 2.75) is 31.7 Å². The zero-order valence-electron chi connectivity index (χ0n) is 18.5. The number of nitrogens with zero attached hydrogens (tertiary/aromatic N) is 5. The van der Waals surface area contributed by atoms with Gasteiger partial charge in [0, 0.05) is 64.9 Å². The number of ether oxygens (including phenoxy) is 1. The number of hydrogen-bond acceptors (Lipinski definition) is 6. The molecule has 0 radical (unpaired) electrons. The molecule has 2 aliphatic heterocycles. The molecule has 2 unspecified atom stereocenters. The highest BCUT2D eigenvalue weighted by Gasteiger charge is 2.37. The van der Waals surface area contributed by atoms with Crippen LogP contribution in [0.25, 0.3) is 0 Å². The molecule has 0 aromatic carbocycles. The lowest BCUT2D eigenvalue weighted by molar-refractivity contribution is 0.0168. The van der Waals surface area contributed by atoms with Crippen LogP contribution in [-0.4, -0.2) is 74.7 Å². The molecule has 1 aromatic rings. The molecule has 1 saturated heterocycles. The highest BCUT2D eigenvalue weighted by Crippen LogP contribution is 2.32. The second-order valence-electron chi connectivity index (χ2n) is 9.48. The van der Waals surface area contributed by atoms with Crippen molar-refractivity contribution in [2.24, 2.45) is 11.0 Å². The number of pyridine rings is 1. The van der Waals surface area contributed by atoms with Gasteiger partial charge in [0.25, 0.3) is 0 Å². The van der Waals surface area contributed by atoms with Crippen LogP contribution in [0.1, 0.15) is 0 Å². The van der Waals surface area contributed by atoms with Gasteiger partial charge in [0.05, 0.1) is 5.02 Å². The number of fused-ring (bicyclic) bond motifs is 1. The topological polar surface area (TPSA) is 44.2 Å². The number of anilines is 1. The lowest BCUT2D eigenvalue weighted by atomic mass is 9.93. The lowest BCUT2D eigenvalue weighted by Gasteiger charge is -2.42. The first-order chi connectivity index (χ1) is 14.8. The molecule has 1 fully saturated rings. The van der Waals surface area contributed by atoms with Gasteiger partial charge in [0.15, 0.2) is 11.6 Å². The number of hydrazone groups is 1. The fourth-order valence-corrected chi connectivity index (χ4v) is 5.06. The van der Waals surface area contributed by atoms with E-state index < -0.39 is 8.07 Å². The van der Waals surface area contributed by atoms with E-state index in [9.17, 15) is 4.39 Å². The number of aromatic nitrogens is 1. The zero-order valence-corrected chi connectivity index (χ0v) is 20.2. The Morgan fingerprint density at radius 2 is 1.94 bits per heavy atom. The average Bonchev–Trinajstić information content (AvgIpc) is 3.14. The Morgan fingerprint density at radius 1 is 1.19 bits per heavy atom. The summed E-state index contributed by atoms with van der Waals surface area (Å²) in [7, 11) is -1.11. The molecule has 0 spiro atoms. The maximum Gasteiger partial charge on any atom is 0.167 e. The minimum atomic E-state index is -1.11. The van der Waals surface area contributed by atoms with E-state index in [1.807, 2.05) is 11.1 Å². The van der Waals surface area contributed by atoms with Crippen LogP contribution in [0.2, 0.25) is 30.7 Å². The minimum Gasteiger partial charge on any atom is -0.370 e. The smallest absolute Gasteiger partial charge is 0.167 e. The molecule has 0 bridgehead atoms. The molecule has 3 heterocycles. The number of rotatable bonds is 7. The third-order valence-electron chi connectivity index (χ3n) is 5.93. The third-order valence-corrected chi connectivity index (χ3v) is 7.84. The lowest BCUT2D eigenvalue weighted by Crippen LogP contribution is -2.51. The summed E-state index contributed by atoms with van der Waals surface area (Å²) in [5, 5.41) is 7.02. The van der Waals surface area contributed by atoms with Crippen molar-refractivity contribution < 1.29 is 9.13 Å². The Kier molecular flexibility index (Phi) is 6.69. The molecule has 9 heteroatoms. The van der Waals surface area contributed by atoms with Gasteiger partial charge in [-0.05, 0) is 18.2 Å². The van der Waals surface area contributed by atoms with E-state index in [2.05, 4.69) is 57.9 Å². The van der Waals surface area contributed by atoms with Gasteiger partial charge in [-0.1, -0.05) is 43.4 Å². The van der Waals surface area contributed by atoms with Crippen molar-refractivity contribution in [3.63, 3.8) is 0 Å². The molecule has 0 saturated carbocycles. The summed E-state index contributed by atoms with van der Waals surface area (Å²) in [6.45, 7) is 11.4. The van der Waals surface area contributed by atoms with Gasteiger partial charge in [-0.3, -0.25) is 5.01 Å². The van der Waals surface area contributed by atoms with Crippen LogP contribution in [-0.2, 0) is 4.74 Å². The van der Waals surface area contributed by atoms with Crippen LogP contribution in [0.5, 0.6) is 0 Å². The number of allylic oxidation sites excluding steroid dienone is 2. The number of halogens is 2. The van der Waals surface area contributed by atoms with E-state index in [4.69, 9.17) is 16.3 Å². The molecular weight excluding hydrogens is 433 g/mol. The molecule has 4 rings (SSSR count). The number of hydrogen-bond donors (Lipinski definition) is 0.